The largest absolute Gasteiger partial charge is 0.354 e. The summed E-state index contributed by atoms with van der Waals surface area (Å²) in [6.07, 6.45) is 2.21. The van der Waals surface area contributed by atoms with Crippen LogP contribution in [-0.2, 0) is 11.2 Å². The van der Waals surface area contributed by atoms with Gasteiger partial charge in [-0.3, -0.25) is 4.79 Å². The minimum absolute atomic E-state index is 0.130. The first kappa shape index (κ1) is 15.6. The highest BCUT2D eigenvalue weighted by molar-refractivity contribution is 5.85. The Hall–Kier alpha value is -1.42. The Labute approximate surface area is 114 Å². The zero-order chi connectivity index (χ0) is 14.5. The number of halogens is 1. The third-order valence-corrected chi connectivity index (χ3v) is 3.27. The van der Waals surface area contributed by atoms with Gasteiger partial charge in [0.25, 0.3) is 0 Å². The number of aryl methyl sites for hydroxylation is 1. The number of nitrogens with two attached hydrogens (primary N) is 1. The van der Waals surface area contributed by atoms with Crippen LogP contribution in [0.1, 0.15) is 37.8 Å². The highest BCUT2D eigenvalue weighted by Crippen LogP contribution is 2.11. The average Bonchev–Trinajstić information content (AvgIpc) is 2.31. The van der Waals surface area contributed by atoms with Crippen LogP contribution in [0.15, 0.2) is 18.2 Å². The first-order valence-corrected chi connectivity index (χ1v) is 6.69. The normalized spacial score (nSPS) is 13.9. The Kier molecular flexibility index (Phi) is 5.48. The fourth-order valence-corrected chi connectivity index (χ4v) is 2.09. The number of rotatable bonds is 6. The van der Waals surface area contributed by atoms with Crippen LogP contribution in [-0.4, -0.2) is 18.0 Å². The van der Waals surface area contributed by atoms with Crippen molar-refractivity contribution in [3.8, 4) is 0 Å². The fourth-order valence-electron chi connectivity index (χ4n) is 2.09. The van der Waals surface area contributed by atoms with Crippen molar-refractivity contribution in [2.24, 2.45) is 5.73 Å². The van der Waals surface area contributed by atoms with Gasteiger partial charge in [0.15, 0.2) is 0 Å². The summed E-state index contributed by atoms with van der Waals surface area (Å²) in [6, 6.07) is 4.69. The molecule has 1 atom stereocenters. The minimum Gasteiger partial charge on any atom is -0.354 e. The number of amides is 1. The number of carbonyl (C=O) groups is 1. The fraction of sp³-hybridized carbons (Fsp3) is 0.533. The van der Waals surface area contributed by atoms with Gasteiger partial charge in [0.05, 0.1) is 5.54 Å². The molecular weight excluding hydrogens is 243 g/mol. The molecule has 1 aromatic rings. The molecule has 1 unspecified atom stereocenters. The first-order valence-electron chi connectivity index (χ1n) is 6.69. The van der Waals surface area contributed by atoms with Gasteiger partial charge in [-0.05, 0) is 49.9 Å². The van der Waals surface area contributed by atoms with E-state index in [1.165, 1.54) is 12.1 Å². The second-order valence-electron chi connectivity index (χ2n) is 5.24. The molecule has 1 aromatic carbocycles. The number of hydrogen-bond donors (Lipinski definition) is 2. The predicted molar refractivity (Wildman–Crippen MR) is 75.4 cm³/mol. The Balaban J connectivity index is 2.48. The van der Waals surface area contributed by atoms with Gasteiger partial charge in [-0.1, -0.05) is 19.4 Å². The lowest BCUT2D eigenvalue weighted by Gasteiger charge is -2.22. The average molecular weight is 266 g/mol. The van der Waals surface area contributed by atoms with Crippen molar-refractivity contribution >= 4 is 5.91 Å². The molecule has 3 nitrogen and oxygen atoms in total. The first-order chi connectivity index (χ1) is 8.86. The van der Waals surface area contributed by atoms with Crippen LogP contribution in [0.2, 0.25) is 0 Å². The van der Waals surface area contributed by atoms with Crippen molar-refractivity contribution < 1.29 is 9.18 Å². The summed E-state index contributed by atoms with van der Waals surface area (Å²) in [5.41, 5.74) is 7.06. The van der Waals surface area contributed by atoms with Gasteiger partial charge in [-0.2, -0.15) is 0 Å². The lowest BCUT2D eigenvalue weighted by molar-refractivity contribution is -0.126. The molecule has 1 rings (SSSR count). The highest BCUT2D eigenvalue weighted by Gasteiger charge is 2.26. The zero-order valence-corrected chi connectivity index (χ0v) is 11.9. The topological polar surface area (TPSA) is 55.1 Å². The van der Waals surface area contributed by atoms with Crippen LogP contribution in [0.5, 0.6) is 0 Å². The maximum absolute atomic E-state index is 13.0. The van der Waals surface area contributed by atoms with Gasteiger partial charge in [0.2, 0.25) is 5.91 Å². The monoisotopic (exact) mass is 266 g/mol. The molecule has 0 aliphatic carbocycles. The molecule has 106 valence electrons. The molecule has 3 N–H and O–H groups in total. The van der Waals surface area contributed by atoms with Crippen molar-refractivity contribution in [1.82, 2.24) is 5.32 Å². The van der Waals surface area contributed by atoms with E-state index in [2.05, 4.69) is 5.32 Å². The summed E-state index contributed by atoms with van der Waals surface area (Å²) < 4.78 is 13.0. The molecule has 4 heteroatoms. The molecule has 0 aliphatic rings. The van der Waals surface area contributed by atoms with Crippen LogP contribution in [0, 0.1) is 12.7 Å². The van der Waals surface area contributed by atoms with E-state index in [1.54, 1.807) is 13.0 Å². The molecule has 0 spiro atoms. The van der Waals surface area contributed by atoms with Crippen molar-refractivity contribution in [3.63, 3.8) is 0 Å². The smallest absolute Gasteiger partial charge is 0.239 e. The van der Waals surface area contributed by atoms with E-state index in [9.17, 15) is 9.18 Å². The van der Waals surface area contributed by atoms with E-state index < -0.39 is 5.54 Å². The van der Waals surface area contributed by atoms with E-state index in [4.69, 9.17) is 5.73 Å². The van der Waals surface area contributed by atoms with Gasteiger partial charge in [0, 0.05) is 6.54 Å². The summed E-state index contributed by atoms with van der Waals surface area (Å²) in [5.74, 6) is -0.364. The van der Waals surface area contributed by atoms with Crippen LogP contribution in [0.4, 0.5) is 4.39 Å². The van der Waals surface area contributed by atoms with Gasteiger partial charge in [0.1, 0.15) is 5.82 Å². The second-order valence-corrected chi connectivity index (χ2v) is 5.24. The van der Waals surface area contributed by atoms with E-state index in [1.807, 2.05) is 13.8 Å². The van der Waals surface area contributed by atoms with Crippen LogP contribution in [0.25, 0.3) is 0 Å². The van der Waals surface area contributed by atoms with Gasteiger partial charge in [-0.15, -0.1) is 0 Å². The highest BCUT2D eigenvalue weighted by atomic mass is 19.1. The standard InChI is InChI=1S/C15H23FN2O/c1-4-8-15(3,17)14(19)18-9-7-12-5-6-13(16)10-11(12)2/h5-6,10H,4,7-9,17H2,1-3H3,(H,18,19). The quantitative estimate of drug-likeness (QED) is 0.830. The van der Waals surface area contributed by atoms with E-state index in [-0.39, 0.29) is 11.7 Å². The molecule has 1 amide bonds. The molecule has 0 saturated carbocycles. The molecule has 0 saturated heterocycles. The van der Waals surface area contributed by atoms with Crippen molar-refractivity contribution in [1.29, 1.82) is 0 Å². The second kappa shape index (κ2) is 6.66. The summed E-state index contributed by atoms with van der Waals surface area (Å²) in [6.45, 7) is 6.13. The number of nitrogens with one attached hydrogen (secondary N) is 1. The summed E-state index contributed by atoms with van der Waals surface area (Å²) in [7, 11) is 0. The minimum atomic E-state index is -0.813. The predicted octanol–water partition coefficient (Wildman–Crippen LogP) is 2.31. The molecular formula is C15H23FN2O. The summed E-state index contributed by atoms with van der Waals surface area (Å²) in [5, 5.41) is 2.84. The molecule has 0 radical (unpaired) electrons. The third-order valence-electron chi connectivity index (χ3n) is 3.27. The van der Waals surface area contributed by atoms with Crippen LogP contribution < -0.4 is 11.1 Å². The lowest BCUT2D eigenvalue weighted by Crippen LogP contribution is -2.51. The molecule has 0 aliphatic heterocycles. The van der Waals surface area contributed by atoms with E-state index >= 15 is 0 Å². The molecule has 0 bridgehead atoms. The van der Waals surface area contributed by atoms with Gasteiger partial charge >= 0.3 is 0 Å². The molecule has 19 heavy (non-hydrogen) atoms. The molecule has 0 aromatic heterocycles. The number of carbonyl (C=O) groups excluding carboxylic acids is 1. The SMILES string of the molecule is CCCC(C)(N)C(=O)NCCc1ccc(F)cc1C. The third kappa shape index (κ3) is 4.63. The number of benzene rings is 1. The number of hydrogen-bond acceptors (Lipinski definition) is 2. The van der Waals surface area contributed by atoms with Crippen molar-refractivity contribution in [3.05, 3.63) is 35.1 Å². The Morgan fingerprint density at radius 1 is 1.47 bits per heavy atom. The van der Waals surface area contributed by atoms with Crippen molar-refractivity contribution in [2.45, 2.75) is 45.6 Å². The van der Waals surface area contributed by atoms with Gasteiger partial charge < -0.3 is 11.1 Å². The summed E-state index contributed by atoms with van der Waals surface area (Å²) >= 11 is 0. The lowest BCUT2D eigenvalue weighted by atomic mass is 9.96. The van der Waals surface area contributed by atoms with Crippen LogP contribution in [0.3, 0.4) is 0 Å². The van der Waals surface area contributed by atoms with E-state index in [0.29, 0.717) is 19.4 Å². The Morgan fingerprint density at radius 2 is 2.16 bits per heavy atom. The Morgan fingerprint density at radius 3 is 2.74 bits per heavy atom. The zero-order valence-electron chi connectivity index (χ0n) is 11.9. The molecule has 0 fully saturated rings. The van der Waals surface area contributed by atoms with Gasteiger partial charge in [-0.25, -0.2) is 4.39 Å². The van der Waals surface area contributed by atoms with Crippen LogP contribution >= 0.6 is 0 Å². The molecule has 0 heterocycles. The maximum atomic E-state index is 13.0. The summed E-state index contributed by atoms with van der Waals surface area (Å²) in [4.78, 5) is 11.9. The maximum Gasteiger partial charge on any atom is 0.239 e. The van der Waals surface area contributed by atoms with E-state index in [0.717, 1.165) is 17.5 Å². The Bertz CT molecular complexity index is 444. The van der Waals surface area contributed by atoms with Crippen molar-refractivity contribution in [2.75, 3.05) is 6.54 Å².